The fraction of sp³-hybridized carbons (Fsp3) is 0.350. The first-order chi connectivity index (χ1) is 13.2. The number of hydrogen-bond donors (Lipinski definition) is 0. The smallest absolute Gasteiger partial charge is 0.237 e. The second-order valence-corrected chi connectivity index (χ2v) is 9.90. The number of amides is 1. The van der Waals surface area contributed by atoms with Crippen LogP contribution in [0.1, 0.15) is 18.4 Å². The average molecular weight is 442 g/mol. The zero-order valence-electron chi connectivity index (χ0n) is 15.4. The zero-order valence-corrected chi connectivity index (χ0v) is 17.7. The number of carbonyl (C=O) groups is 1. The summed E-state index contributed by atoms with van der Waals surface area (Å²) in [5.74, 6) is 0.407. The Morgan fingerprint density at radius 2 is 1.82 bits per heavy atom. The van der Waals surface area contributed by atoms with Gasteiger partial charge in [0, 0.05) is 13.6 Å². The van der Waals surface area contributed by atoms with Crippen molar-refractivity contribution in [2.45, 2.75) is 18.6 Å². The van der Waals surface area contributed by atoms with E-state index in [0.717, 1.165) is 12.8 Å². The summed E-state index contributed by atoms with van der Waals surface area (Å²) in [4.78, 5) is 13.6. The normalized spacial score (nSPS) is 14.0. The minimum absolute atomic E-state index is 0.200. The standard InChI is InChI=1S/C20H21Cl2NO4S/c1-23(11-14-5-6-14)19(24)13-28(25,26)12-15-7-9-16(10-8-15)27-18-4-2-3-17(21)20(18)22/h2-4,7-10,14H,5-6,11-13H2,1H3. The molecule has 0 bridgehead atoms. The number of halogens is 2. The third-order valence-electron chi connectivity index (χ3n) is 4.45. The monoisotopic (exact) mass is 441 g/mol. The largest absolute Gasteiger partial charge is 0.456 e. The van der Waals surface area contributed by atoms with Gasteiger partial charge in [-0.1, -0.05) is 41.4 Å². The minimum atomic E-state index is -3.55. The van der Waals surface area contributed by atoms with Crippen LogP contribution in [0.15, 0.2) is 42.5 Å². The fourth-order valence-electron chi connectivity index (χ4n) is 2.74. The summed E-state index contributed by atoms with van der Waals surface area (Å²) < 4.78 is 30.4. The third kappa shape index (κ3) is 5.87. The minimum Gasteiger partial charge on any atom is -0.456 e. The van der Waals surface area contributed by atoms with Crippen LogP contribution in [0.5, 0.6) is 11.5 Å². The zero-order chi connectivity index (χ0) is 20.3. The highest BCUT2D eigenvalue weighted by Gasteiger charge is 2.27. The lowest BCUT2D eigenvalue weighted by molar-refractivity contribution is -0.127. The van der Waals surface area contributed by atoms with E-state index in [1.165, 1.54) is 4.90 Å². The molecular weight excluding hydrogens is 421 g/mol. The Labute approximate surface area is 175 Å². The summed E-state index contributed by atoms with van der Waals surface area (Å²) in [6, 6.07) is 11.7. The summed E-state index contributed by atoms with van der Waals surface area (Å²) in [6.07, 6.45) is 2.22. The summed E-state index contributed by atoms with van der Waals surface area (Å²) in [7, 11) is -1.89. The van der Waals surface area contributed by atoms with Crippen molar-refractivity contribution in [2.75, 3.05) is 19.3 Å². The Morgan fingerprint density at radius 3 is 2.46 bits per heavy atom. The van der Waals surface area contributed by atoms with Gasteiger partial charge in [-0.3, -0.25) is 4.79 Å². The highest BCUT2D eigenvalue weighted by molar-refractivity contribution is 7.91. The van der Waals surface area contributed by atoms with Gasteiger partial charge in [0.15, 0.2) is 9.84 Å². The molecule has 0 radical (unpaired) electrons. The molecule has 8 heteroatoms. The van der Waals surface area contributed by atoms with Crippen LogP contribution in [-0.2, 0) is 20.4 Å². The van der Waals surface area contributed by atoms with E-state index in [2.05, 4.69) is 0 Å². The summed E-state index contributed by atoms with van der Waals surface area (Å²) >= 11 is 12.1. The number of nitrogens with zero attached hydrogens (tertiary/aromatic N) is 1. The molecule has 2 aromatic carbocycles. The van der Waals surface area contributed by atoms with Gasteiger partial charge in [-0.2, -0.15) is 0 Å². The van der Waals surface area contributed by atoms with E-state index < -0.39 is 15.6 Å². The van der Waals surface area contributed by atoms with E-state index in [1.807, 2.05) is 0 Å². The quantitative estimate of drug-likeness (QED) is 0.601. The van der Waals surface area contributed by atoms with E-state index in [9.17, 15) is 13.2 Å². The first-order valence-electron chi connectivity index (χ1n) is 8.89. The average Bonchev–Trinajstić information content (AvgIpc) is 3.44. The molecule has 0 spiro atoms. The molecule has 2 aromatic rings. The van der Waals surface area contributed by atoms with Crippen LogP contribution in [0, 0.1) is 5.92 Å². The molecule has 1 aliphatic carbocycles. The van der Waals surface area contributed by atoms with Gasteiger partial charge >= 0.3 is 0 Å². The van der Waals surface area contributed by atoms with Gasteiger partial charge in [0.05, 0.1) is 10.8 Å². The van der Waals surface area contributed by atoms with Crippen LogP contribution in [0.3, 0.4) is 0 Å². The van der Waals surface area contributed by atoms with Crippen LogP contribution < -0.4 is 4.74 Å². The molecule has 0 heterocycles. The molecule has 0 saturated heterocycles. The maximum absolute atomic E-state index is 12.4. The van der Waals surface area contributed by atoms with Crippen molar-refractivity contribution < 1.29 is 17.9 Å². The Kier molecular flexibility index (Phi) is 6.53. The molecule has 0 unspecified atom stereocenters. The van der Waals surface area contributed by atoms with Crippen LogP contribution in [-0.4, -0.2) is 38.6 Å². The van der Waals surface area contributed by atoms with Crippen molar-refractivity contribution in [1.82, 2.24) is 4.90 Å². The number of benzene rings is 2. The number of rotatable bonds is 8. The van der Waals surface area contributed by atoms with Crippen molar-refractivity contribution in [3.63, 3.8) is 0 Å². The lowest BCUT2D eigenvalue weighted by Crippen LogP contribution is -2.34. The SMILES string of the molecule is CN(CC1CC1)C(=O)CS(=O)(=O)Cc1ccc(Oc2cccc(Cl)c2Cl)cc1. The van der Waals surface area contributed by atoms with Gasteiger partial charge in [-0.25, -0.2) is 8.42 Å². The molecule has 150 valence electrons. The molecule has 5 nitrogen and oxygen atoms in total. The fourth-order valence-corrected chi connectivity index (χ4v) is 4.47. The van der Waals surface area contributed by atoms with E-state index in [0.29, 0.717) is 39.6 Å². The van der Waals surface area contributed by atoms with Crippen LogP contribution >= 0.6 is 23.2 Å². The van der Waals surface area contributed by atoms with Crippen molar-refractivity contribution in [3.05, 3.63) is 58.1 Å². The van der Waals surface area contributed by atoms with Crippen molar-refractivity contribution in [1.29, 1.82) is 0 Å². The van der Waals surface area contributed by atoms with Gasteiger partial charge in [0.2, 0.25) is 5.91 Å². The maximum Gasteiger partial charge on any atom is 0.237 e. The third-order valence-corrected chi connectivity index (χ3v) is 6.71. The van der Waals surface area contributed by atoms with Crippen molar-refractivity contribution >= 4 is 38.9 Å². The molecule has 28 heavy (non-hydrogen) atoms. The van der Waals surface area contributed by atoms with Crippen LogP contribution in [0.2, 0.25) is 10.0 Å². The molecule has 0 N–H and O–H groups in total. The number of hydrogen-bond acceptors (Lipinski definition) is 4. The number of ether oxygens (including phenoxy) is 1. The van der Waals surface area contributed by atoms with E-state index in [1.54, 1.807) is 49.5 Å². The van der Waals surface area contributed by atoms with Gasteiger partial charge in [-0.15, -0.1) is 0 Å². The van der Waals surface area contributed by atoms with E-state index in [4.69, 9.17) is 27.9 Å². The van der Waals surface area contributed by atoms with E-state index in [-0.39, 0.29) is 11.7 Å². The molecular formula is C20H21Cl2NO4S. The first-order valence-corrected chi connectivity index (χ1v) is 11.5. The molecule has 1 saturated carbocycles. The summed E-state index contributed by atoms with van der Waals surface area (Å²) in [5, 5.41) is 0.697. The van der Waals surface area contributed by atoms with Crippen LogP contribution in [0.4, 0.5) is 0 Å². The topological polar surface area (TPSA) is 63.7 Å². The molecule has 1 amide bonds. The molecule has 1 aliphatic rings. The lowest BCUT2D eigenvalue weighted by Gasteiger charge is -2.16. The highest BCUT2D eigenvalue weighted by atomic mass is 35.5. The summed E-state index contributed by atoms with van der Waals surface area (Å²) in [5.41, 5.74) is 0.585. The van der Waals surface area contributed by atoms with Gasteiger partial charge in [-0.05, 0) is 48.6 Å². The van der Waals surface area contributed by atoms with E-state index >= 15 is 0 Å². The lowest BCUT2D eigenvalue weighted by atomic mass is 10.2. The van der Waals surface area contributed by atoms with Gasteiger partial charge in [0.1, 0.15) is 22.3 Å². The van der Waals surface area contributed by atoms with Crippen molar-refractivity contribution in [3.8, 4) is 11.5 Å². The van der Waals surface area contributed by atoms with Gasteiger partial charge in [0.25, 0.3) is 0 Å². The predicted molar refractivity (Wildman–Crippen MR) is 111 cm³/mol. The van der Waals surface area contributed by atoms with Crippen LogP contribution in [0.25, 0.3) is 0 Å². The summed E-state index contributed by atoms with van der Waals surface area (Å²) in [6.45, 7) is 0.631. The molecule has 3 rings (SSSR count). The van der Waals surface area contributed by atoms with Crippen molar-refractivity contribution in [2.24, 2.45) is 5.92 Å². The van der Waals surface area contributed by atoms with Gasteiger partial charge < -0.3 is 9.64 Å². The number of sulfone groups is 1. The Balaban J connectivity index is 1.59. The highest BCUT2D eigenvalue weighted by Crippen LogP contribution is 2.34. The second-order valence-electron chi connectivity index (χ2n) is 7.05. The first kappa shape index (κ1) is 21.0. The molecule has 0 atom stereocenters. The second kappa shape index (κ2) is 8.72. The molecule has 0 aliphatic heterocycles. The Bertz CT molecular complexity index is 957. The Morgan fingerprint density at radius 1 is 1.14 bits per heavy atom. The maximum atomic E-state index is 12.4. The molecule has 0 aromatic heterocycles. The molecule has 1 fully saturated rings. The Hall–Kier alpha value is -1.76. The number of carbonyl (C=O) groups excluding carboxylic acids is 1. The predicted octanol–water partition coefficient (Wildman–Crippen LogP) is 4.57.